The Morgan fingerprint density at radius 3 is 2.48 bits per heavy atom. The van der Waals surface area contributed by atoms with Crippen molar-refractivity contribution >= 4 is 15.9 Å². The highest BCUT2D eigenvalue weighted by Crippen LogP contribution is 2.28. The van der Waals surface area contributed by atoms with Crippen LogP contribution >= 0.6 is 15.9 Å². The van der Waals surface area contributed by atoms with Gasteiger partial charge in [-0.05, 0) is 50.9 Å². The molecule has 1 aromatic rings. The predicted molar refractivity (Wildman–Crippen MR) is 92.0 cm³/mol. The van der Waals surface area contributed by atoms with Crippen molar-refractivity contribution in [2.24, 2.45) is 5.92 Å². The van der Waals surface area contributed by atoms with E-state index in [-0.39, 0.29) is 6.10 Å². The van der Waals surface area contributed by atoms with Gasteiger partial charge in [-0.3, -0.25) is 0 Å². The van der Waals surface area contributed by atoms with E-state index in [2.05, 4.69) is 54.2 Å². The van der Waals surface area contributed by atoms with Gasteiger partial charge < -0.3 is 14.8 Å². The molecule has 1 N–H and O–H groups in total. The summed E-state index contributed by atoms with van der Waals surface area (Å²) in [5.74, 6) is 1.61. The smallest absolute Gasteiger partial charge is 0.126 e. The van der Waals surface area contributed by atoms with Gasteiger partial charge in [-0.2, -0.15) is 0 Å². The molecule has 120 valence electrons. The van der Waals surface area contributed by atoms with Gasteiger partial charge in [-0.1, -0.05) is 29.8 Å². The van der Waals surface area contributed by atoms with Crippen LogP contribution in [0.25, 0.3) is 0 Å². The second-order valence-corrected chi connectivity index (χ2v) is 6.92. The molecule has 4 heteroatoms. The molecule has 0 heterocycles. The molecule has 0 saturated carbocycles. The number of nitrogens with one attached hydrogen (secondary N) is 1. The molecule has 0 amide bonds. The van der Waals surface area contributed by atoms with Crippen molar-refractivity contribution in [3.05, 3.63) is 27.7 Å². The number of halogens is 1. The van der Waals surface area contributed by atoms with E-state index in [1.165, 1.54) is 5.56 Å². The fraction of sp³-hybridized carbons (Fsp3) is 0.647. The monoisotopic (exact) mass is 357 g/mol. The Hall–Kier alpha value is -0.580. The Morgan fingerprint density at radius 2 is 1.86 bits per heavy atom. The van der Waals surface area contributed by atoms with Crippen LogP contribution in [-0.4, -0.2) is 25.9 Å². The van der Waals surface area contributed by atoms with Gasteiger partial charge in [-0.15, -0.1) is 0 Å². The predicted octanol–water partition coefficient (Wildman–Crippen LogP) is 4.31. The molecule has 0 saturated heterocycles. The van der Waals surface area contributed by atoms with Crippen LogP contribution in [0.15, 0.2) is 16.6 Å². The van der Waals surface area contributed by atoms with Gasteiger partial charge in [0.1, 0.15) is 12.4 Å². The minimum Gasteiger partial charge on any atom is -0.491 e. The lowest BCUT2D eigenvalue weighted by Crippen LogP contribution is -2.20. The number of hydrogen-bond donors (Lipinski definition) is 1. The van der Waals surface area contributed by atoms with Crippen molar-refractivity contribution in [2.45, 2.75) is 47.3 Å². The summed E-state index contributed by atoms with van der Waals surface area (Å²) in [5.41, 5.74) is 2.34. The van der Waals surface area contributed by atoms with E-state index in [1.54, 1.807) is 0 Å². The highest BCUT2D eigenvalue weighted by Gasteiger charge is 2.09. The maximum absolute atomic E-state index is 5.95. The van der Waals surface area contributed by atoms with Crippen molar-refractivity contribution in [1.29, 1.82) is 0 Å². The standard InChI is InChI=1S/C17H28BrNO2/c1-12(2)10-19-11-15-9-16(18)8-14(5)17(15)21-7-6-20-13(3)4/h8-9,12-13,19H,6-7,10-11H2,1-5H3. The zero-order valence-corrected chi connectivity index (χ0v) is 15.4. The third-order valence-corrected chi connectivity index (χ3v) is 3.42. The van der Waals surface area contributed by atoms with E-state index in [0.717, 1.165) is 28.9 Å². The number of benzene rings is 1. The Labute approximate surface area is 137 Å². The zero-order chi connectivity index (χ0) is 15.8. The first-order valence-electron chi connectivity index (χ1n) is 7.64. The third kappa shape index (κ3) is 7.30. The average Bonchev–Trinajstić information content (AvgIpc) is 2.35. The molecule has 0 aliphatic rings. The molecule has 0 atom stereocenters. The molecular formula is C17H28BrNO2. The molecule has 0 unspecified atom stereocenters. The van der Waals surface area contributed by atoms with Crippen LogP contribution in [0, 0.1) is 12.8 Å². The Bertz CT molecular complexity index is 433. The minimum absolute atomic E-state index is 0.242. The second-order valence-electron chi connectivity index (χ2n) is 6.00. The molecule has 0 fully saturated rings. The summed E-state index contributed by atoms with van der Waals surface area (Å²) >= 11 is 3.56. The molecule has 0 radical (unpaired) electrons. The first-order valence-corrected chi connectivity index (χ1v) is 8.43. The summed E-state index contributed by atoms with van der Waals surface area (Å²) in [7, 11) is 0. The van der Waals surface area contributed by atoms with Crippen LogP contribution < -0.4 is 10.1 Å². The van der Waals surface area contributed by atoms with Crippen molar-refractivity contribution in [3.63, 3.8) is 0 Å². The minimum atomic E-state index is 0.242. The first kappa shape index (κ1) is 18.5. The van der Waals surface area contributed by atoms with Crippen LogP contribution in [0.3, 0.4) is 0 Å². The van der Waals surface area contributed by atoms with E-state index in [1.807, 2.05) is 13.8 Å². The SMILES string of the molecule is Cc1cc(Br)cc(CNCC(C)C)c1OCCOC(C)C. The quantitative estimate of drug-likeness (QED) is 0.668. The highest BCUT2D eigenvalue weighted by atomic mass is 79.9. The van der Waals surface area contributed by atoms with Crippen molar-refractivity contribution in [1.82, 2.24) is 5.32 Å². The van der Waals surface area contributed by atoms with Crippen LogP contribution in [0.4, 0.5) is 0 Å². The molecular weight excluding hydrogens is 330 g/mol. The van der Waals surface area contributed by atoms with Gasteiger partial charge in [-0.25, -0.2) is 0 Å². The molecule has 0 aliphatic carbocycles. The third-order valence-electron chi connectivity index (χ3n) is 2.97. The van der Waals surface area contributed by atoms with Crippen LogP contribution in [0.2, 0.25) is 0 Å². The lowest BCUT2D eigenvalue weighted by molar-refractivity contribution is 0.0549. The van der Waals surface area contributed by atoms with E-state index in [9.17, 15) is 0 Å². The summed E-state index contributed by atoms with van der Waals surface area (Å²) in [4.78, 5) is 0. The maximum atomic E-state index is 5.95. The van der Waals surface area contributed by atoms with E-state index >= 15 is 0 Å². The van der Waals surface area contributed by atoms with Crippen LogP contribution in [0.1, 0.15) is 38.8 Å². The van der Waals surface area contributed by atoms with Crippen molar-refractivity contribution in [2.75, 3.05) is 19.8 Å². The lowest BCUT2D eigenvalue weighted by atomic mass is 10.1. The normalized spacial score (nSPS) is 11.4. The van der Waals surface area contributed by atoms with Gasteiger partial charge in [0, 0.05) is 16.6 Å². The lowest BCUT2D eigenvalue weighted by Gasteiger charge is -2.17. The van der Waals surface area contributed by atoms with E-state index in [0.29, 0.717) is 19.1 Å². The van der Waals surface area contributed by atoms with E-state index < -0.39 is 0 Å². The van der Waals surface area contributed by atoms with Crippen molar-refractivity contribution in [3.8, 4) is 5.75 Å². The van der Waals surface area contributed by atoms with Gasteiger partial charge in [0.25, 0.3) is 0 Å². The number of hydrogen-bond acceptors (Lipinski definition) is 3. The molecule has 1 rings (SSSR count). The topological polar surface area (TPSA) is 30.5 Å². The summed E-state index contributed by atoms with van der Waals surface area (Å²) in [5, 5.41) is 3.47. The highest BCUT2D eigenvalue weighted by molar-refractivity contribution is 9.10. The van der Waals surface area contributed by atoms with Gasteiger partial charge in [0.15, 0.2) is 0 Å². The molecule has 21 heavy (non-hydrogen) atoms. The largest absolute Gasteiger partial charge is 0.491 e. The summed E-state index contributed by atoms with van der Waals surface area (Å²) < 4.78 is 12.6. The van der Waals surface area contributed by atoms with Gasteiger partial charge in [0.05, 0.1) is 12.7 Å². The molecule has 0 bridgehead atoms. The van der Waals surface area contributed by atoms with Crippen LogP contribution in [0.5, 0.6) is 5.75 Å². The second kappa shape index (κ2) is 9.44. The number of aryl methyl sites for hydroxylation is 1. The van der Waals surface area contributed by atoms with E-state index in [4.69, 9.17) is 9.47 Å². The molecule has 1 aromatic carbocycles. The summed E-state index contributed by atoms with van der Waals surface area (Å²) in [6.07, 6.45) is 0.242. The molecule has 0 spiro atoms. The molecule has 0 aliphatic heterocycles. The number of ether oxygens (including phenoxy) is 2. The van der Waals surface area contributed by atoms with Gasteiger partial charge >= 0.3 is 0 Å². The Balaban J connectivity index is 2.66. The summed E-state index contributed by atoms with van der Waals surface area (Å²) in [6.45, 7) is 13.6. The molecule has 0 aromatic heterocycles. The summed E-state index contributed by atoms with van der Waals surface area (Å²) in [6, 6.07) is 4.21. The fourth-order valence-electron chi connectivity index (χ4n) is 2.06. The van der Waals surface area contributed by atoms with Crippen molar-refractivity contribution < 1.29 is 9.47 Å². The fourth-order valence-corrected chi connectivity index (χ4v) is 2.68. The first-order chi connectivity index (χ1) is 9.90. The zero-order valence-electron chi connectivity index (χ0n) is 13.8. The Kier molecular flexibility index (Phi) is 8.30. The van der Waals surface area contributed by atoms with Crippen LogP contribution in [-0.2, 0) is 11.3 Å². The Morgan fingerprint density at radius 1 is 1.14 bits per heavy atom. The average molecular weight is 358 g/mol. The number of rotatable bonds is 9. The maximum Gasteiger partial charge on any atom is 0.126 e. The molecule has 3 nitrogen and oxygen atoms in total. The van der Waals surface area contributed by atoms with Gasteiger partial charge in [0.2, 0.25) is 0 Å².